The summed E-state index contributed by atoms with van der Waals surface area (Å²) in [5.74, 6) is 0.0557. The zero-order valence-electron chi connectivity index (χ0n) is 11.5. The van der Waals surface area contributed by atoms with Crippen LogP contribution < -0.4 is 10.6 Å². The Balaban J connectivity index is 1.59. The summed E-state index contributed by atoms with van der Waals surface area (Å²) in [6, 6.07) is 2.29. The summed E-state index contributed by atoms with van der Waals surface area (Å²) in [5, 5.41) is 6.06. The Morgan fingerprint density at radius 2 is 2.37 bits per heavy atom. The smallest absolute Gasteiger partial charge is 0.233 e. The van der Waals surface area contributed by atoms with E-state index in [1.165, 1.54) is 29.7 Å². The van der Waals surface area contributed by atoms with Crippen LogP contribution in [0, 0.1) is 0 Å². The fourth-order valence-electron chi connectivity index (χ4n) is 2.28. The molecule has 1 aromatic rings. The van der Waals surface area contributed by atoms with Gasteiger partial charge in [0.15, 0.2) is 0 Å². The minimum atomic E-state index is 0.0557. The van der Waals surface area contributed by atoms with Gasteiger partial charge in [0.25, 0.3) is 0 Å². The molecule has 0 aliphatic heterocycles. The molecule has 1 aliphatic carbocycles. The largest absolute Gasteiger partial charge is 0.385 e. The number of hydrogen-bond acceptors (Lipinski definition) is 4. The second kappa shape index (κ2) is 7.62. The van der Waals surface area contributed by atoms with E-state index >= 15 is 0 Å². The topological polar surface area (TPSA) is 50.4 Å². The van der Waals surface area contributed by atoms with Crippen LogP contribution in [0.3, 0.4) is 0 Å². The quantitative estimate of drug-likeness (QED) is 0.710. The molecule has 106 valence electrons. The molecule has 0 bridgehead atoms. The minimum Gasteiger partial charge on any atom is -0.385 e. The number of fused-ring (bicyclic) bond motifs is 1. The molecule has 0 spiro atoms. The van der Waals surface area contributed by atoms with Crippen LogP contribution in [0.4, 0.5) is 0 Å². The molecule has 1 aliphatic rings. The molecule has 2 N–H and O–H groups in total. The van der Waals surface area contributed by atoms with Crippen LogP contribution in [0.2, 0.25) is 0 Å². The predicted octanol–water partition coefficient (Wildman–Crippen LogP) is 1.48. The number of hydrogen-bond donors (Lipinski definition) is 2. The molecular weight excluding hydrogens is 260 g/mol. The van der Waals surface area contributed by atoms with Gasteiger partial charge in [0.05, 0.1) is 6.54 Å². The summed E-state index contributed by atoms with van der Waals surface area (Å²) in [7, 11) is 1.67. The average Bonchev–Trinajstić information content (AvgIpc) is 2.95. The fraction of sp³-hybridized carbons (Fsp3) is 0.643. The van der Waals surface area contributed by atoms with Crippen molar-refractivity contribution >= 4 is 17.2 Å². The van der Waals surface area contributed by atoms with Gasteiger partial charge in [-0.25, -0.2) is 0 Å². The first-order chi connectivity index (χ1) is 9.29. The fourth-order valence-corrected chi connectivity index (χ4v) is 3.51. The van der Waals surface area contributed by atoms with Crippen LogP contribution in [0.15, 0.2) is 6.07 Å². The van der Waals surface area contributed by atoms with E-state index in [1.807, 2.05) is 11.3 Å². The molecule has 0 radical (unpaired) electrons. The molecule has 5 heteroatoms. The van der Waals surface area contributed by atoms with Crippen LogP contribution in [0.1, 0.15) is 28.2 Å². The lowest BCUT2D eigenvalue weighted by molar-refractivity contribution is -0.120. The Morgan fingerprint density at radius 1 is 1.47 bits per heavy atom. The van der Waals surface area contributed by atoms with Crippen molar-refractivity contribution in [2.75, 3.05) is 26.8 Å². The SMILES string of the molecule is COCCCNC(=O)CNCc1cc2c(s1)CCC2. The van der Waals surface area contributed by atoms with Crippen LogP contribution in [-0.4, -0.2) is 32.7 Å². The van der Waals surface area contributed by atoms with Crippen molar-refractivity contribution in [3.8, 4) is 0 Å². The van der Waals surface area contributed by atoms with E-state index in [4.69, 9.17) is 4.74 Å². The third kappa shape index (κ3) is 4.60. The highest BCUT2D eigenvalue weighted by atomic mass is 32.1. The van der Waals surface area contributed by atoms with Gasteiger partial charge in [-0.3, -0.25) is 4.79 Å². The number of methoxy groups -OCH3 is 1. The summed E-state index contributed by atoms with van der Waals surface area (Å²) < 4.78 is 4.93. The number of thiophene rings is 1. The Hall–Kier alpha value is -0.910. The molecule has 0 saturated heterocycles. The van der Waals surface area contributed by atoms with E-state index in [0.29, 0.717) is 19.7 Å². The van der Waals surface area contributed by atoms with Crippen molar-refractivity contribution in [2.45, 2.75) is 32.2 Å². The summed E-state index contributed by atoms with van der Waals surface area (Å²) in [4.78, 5) is 14.4. The van der Waals surface area contributed by atoms with Crippen molar-refractivity contribution in [1.82, 2.24) is 10.6 Å². The second-order valence-corrected chi connectivity index (χ2v) is 6.04. The van der Waals surface area contributed by atoms with Gasteiger partial charge in [-0.2, -0.15) is 0 Å². The van der Waals surface area contributed by atoms with Gasteiger partial charge in [-0.15, -0.1) is 11.3 Å². The van der Waals surface area contributed by atoms with Crippen LogP contribution in [-0.2, 0) is 28.9 Å². The molecule has 1 aromatic heterocycles. The molecule has 1 amide bonds. The Bertz CT molecular complexity index is 396. The molecule has 0 unspecified atom stereocenters. The van der Waals surface area contributed by atoms with E-state index in [2.05, 4.69) is 16.7 Å². The van der Waals surface area contributed by atoms with Gasteiger partial charge in [0.2, 0.25) is 5.91 Å². The van der Waals surface area contributed by atoms with Crippen molar-refractivity contribution in [2.24, 2.45) is 0 Å². The Labute approximate surface area is 118 Å². The maximum absolute atomic E-state index is 11.5. The Kier molecular flexibility index (Phi) is 5.82. The maximum Gasteiger partial charge on any atom is 0.233 e. The number of amides is 1. The molecule has 4 nitrogen and oxygen atoms in total. The number of aryl methyl sites for hydroxylation is 2. The molecular formula is C14H22N2O2S. The summed E-state index contributed by atoms with van der Waals surface area (Å²) in [6.45, 7) is 2.55. The van der Waals surface area contributed by atoms with Gasteiger partial charge < -0.3 is 15.4 Å². The van der Waals surface area contributed by atoms with Gasteiger partial charge >= 0.3 is 0 Å². The maximum atomic E-state index is 11.5. The Morgan fingerprint density at radius 3 is 3.16 bits per heavy atom. The summed E-state index contributed by atoms with van der Waals surface area (Å²) >= 11 is 1.89. The van der Waals surface area contributed by atoms with Gasteiger partial charge in [0.1, 0.15) is 0 Å². The minimum absolute atomic E-state index is 0.0557. The van der Waals surface area contributed by atoms with Crippen molar-refractivity contribution in [1.29, 1.82) is 0 Å². The molecule has 19 heavy (non-hydrogen) atoms. The third-order valence-electron chi connectivity index (χ3n) is 3.23. The molecule has 0 aromatic carbocycles. The number of ether oxygens (including phenoxy) is 1. The average molecular weight is 282 g/mol. The van der Waals surface area contributed by atoms with Gasteiger partial charge in [-0.05, 0) is 37.3 Å². The standard InChI is InChI=1S/C14H22N2O2S/c1-18-7-3-6-16-14(17)10-15-9-12-8-11-4-2-5-13(11)19-12/h8,15H,2-7,9-10H2,1H3,(H,16,17). The first-order valence-electron chi connectivity index (χ1n) is 6.86. The lowest BCUT2D eigenvalue weighted by Gasteiger charge is -2.05. The van der Waals surface area contributed by atoms with Crippen LogP contribution >= 0.6 is 11.3 Å². The second-order valence-electron chi connectivity index (χ2n) is 4.81. The van der Waals surface area contributed by atoms with Crippen molar-refractivity contribution < 1.29 is 9.53 Å². The molecule has 0 atom stereocenters. The number of carbonyl (C=O) groups excluding carboxylic acids is 1. The first-order valence-corrected chi connectivity index (χ1v) is 7.68. The number of rotatable bonds is 8. The number of carbonyl (C=O) groups is 1. The van der Waals surface area contributed by atoms with Crippen molar-refractivity contribution in [3.05, 3.63) is 21.4 Å². The third-order valence-corrected chi connectivity index (χ3v) is 4.47. The molecule has 1 heterocycles. The summed E-state index contributed by atoms with van der Waals surface area (Å²) in [5.41, 5.74) is 1.52. The zero-order valence-corrected chi connectivity index (χ0v) is 12.3. The number of nitrogens with one attached hydrogen (secondary N) is 2. The summed E-state index contributed by atoms with van der Waals surface area (Å²) in [6.07, 6.45) is 4.63. The lowest BCUT2D eigenvalue weighted by atomic mass is 10.2. The normalized spacial score (nSPS) is 13.5. The molecule has 0 fully saturated rings. The zero-order chi connectivity index (χ0) is 13.5. The van der Waals surface area contributed by atoms with Crippen molar-refractivity contribution in [3.63, 3.8) is 0 Å². The van der Waals surface area contributed by atoms with E-state index in [9.17, 15) is 4.79 Å². The monoisotopic (exact) mass is 282 g/mol. The molecule has 0 saturated carbocycles. The van der Waals surface area contributed by atoms with Gasteiger partial charge in [-0.1, -0.05) is 0 Å². The van der Waals surface area contributed by atoms with E-state index in [-0.39, 0.29) is 5.91 Å². The van der Waals surface area contributed by atoms with E-state index in [0.717, 1.165) is 13.0 Å². The van der Waals surface area contributed by atoms with E-state index < -0.39 is 0 Å². The predicted molar refractivity (Wildman–Crippen MR) is 77.6 cm³/mol. The van der Waals surface area contributed by atoms with Gasteiger partial charge in [0, 0.05) is 36.6 Å². The highest BCUT2D eigenvalue weighted by Crippen LogP contribution is 2.30. The highest BCUT2D eigenvalue weighted by Gasteiger charge is 2.14. The molecule has 2 rings (SSSR count). The highest BCUT2D eigenvalue weighted by molar-refractivity contribution is 7.12. The first kappa shape index (κ1) is 14.5. The van der Waals surface area contributed by atoms with Crippen LogP contribution in [0.5, 0.6) is 0 Å². The van der Waals surface area contributed by atoms with E-state index in [1.54, 1.807) is 12.0 Å². The lowest BCUT2D eigenvalue weighted by Crippen LogP contribution is -2.34. The van der Waals surface area contributed by atoms with Crippen LogP contribution in [0.25, 0.3) is 0 Å².